The van der Waals surface area contributed by atoms with Crippen LogP contribution in [0, 0.1) is 10.1 Å². The number of hydrogen-bond acceptors (Lipinski definition) is 3. The molecule has 0 spiro atoms. The van der Waals surface area contributed by atoms with E-state index < -0.39 is 0 Å². The predicted molar refractivity (Wildman–Crippen MR) is 66.5 cm³/mol. The second-order valence-corrected chi connectivity index (χ2v) is 3.86. The molecule has 1 heterocycles. The van der Waals surface area contributed by atoms with E-state index in [2.05, 4.69) is 6.92 Å². The van der Waals surface area contributed by atoms with Crippen LogP contribution in [-0.2, 0) is 0 Å². The fourth-order valence-electron chi connectivity index (χ4n) is 1.87. The normalized spacial score (nSPS) is 15.2. The van der Waals surface area contributed by atoms with E-state index in [9.17, 15) is 10.1 Å². The van der Waals surface area contributed by atoms with Gasteiger partial charge in [0, 0.05) is 36.5 Å². The molecule has 0 aliphatic carbocycles. The van der Waals surface area contributed by atoms with E-state index in [-0.39, 0.29) is 16.5 Å². The van der Waals surface area contributed by atoms with Crippen LogP contribution in [0.2, 0.25) is 0 Å². The van der Waals surface area contributed by atoms with Crippen molar-refractivity contribution < 1.29 is 4.92 Å². The molecule has 4 nitrogen and oxygen atoms in total. The third kappa shape index (κ3) is 2.36. The lowest BCUT2D eigenvalue weighted by Crippen LogP contribution is -2.12. The van der Waals surface area contributed by atoms with Gasteiger partial charge < -0.3 is 4.90 Å². The second-order valence-electron chi connectivity index (χ2n) is 3.86. The first kappa shape index (κ1) is 11.4. The Kier molecular flexibility index (Phi) is 3.23. The predicted octanol–water partition coefficient (Wildman–Crippen LogP) is 3.04. The summed E-state index contributed by atoms with van der Waals surface area (Å²) in [6, 6.07) is 6.87. The van der Waals surface area contributed by atoms with Crippen LogP contribution in [0.5, 0.6) is 0 Å². The third-order valence-corrected chi connectivity index (χ3v) is 2.83. The van der Waals surface area contributed by atoms with Gasteiger partial charge in [-0.3, -0.25) is 10.1 Å². The van der Waals surface area contributed by atoms with E-state index in [1.807, 2.05) is 35.5 Å². The quantitative estimate of drug-likeness (QED) is 0.592. The molecule has 17 heavy (non-hydrogen) atoms. The number of nitrogens with zero attached hydrogens (tertiary/aromatic N) is 2. The molecule has 4 heteroatoms. The smallest absolute Gasteiger partial charge is 0.273 e. The van der Waals surface area contributed by atoms with Crippen molar-refractivity contribution in [3.63, 3.8) is 0 Å². The summed E-state index contributed by atoms with van der Waals surface area (Å²) in [5.74, 6) is -0.0144. The van der Waals surface area contributed by atoms with E-state index >= 15 is 0 Å². The maximum atomic E-state index is 10.9. The van der Waals surface area contributed by atoms with Crippen LogP contribution in [0.3, 0.4) is 0 Å². The Balaban J connectivity index is 2.30. The van der Waals surface area contributed by atoms with Crippen LogP contribution in [-0.4, -0.2) is 16.4 Å². The Hall–Kier alpha value is -2.10. The highest BCUT2D eigenvalue weighted by Gasteiger charge is 2.19. The van der Waals surface area contributed by atoms with Crippen molar-refractivity contribution in [2.45, 2.75) is 12.8 Å². The molecule has 2 rings (SSSR count). The molecule has 1 aromatic rings. The standard InChI is InChI=1S/C13H14N2O2/c1-2-14-9-7-11(8-10-14)12-5-3-4-6-13(12)15(16)17/h3-11H,2H2,1H3. The van der Waals surface area contributed by atoms with Crippen molar-refractivity contribution in [2.24, 2.45) is 0 Å². The first-order chi connectivity index (χ1) is 8.22. The van der Waals surface area contributed by atoms with Crippen molar-refractivity contribution in [3.05, 3.63) is 64.5 Å². The van der Waals surface area contributed by atoms with Crippen LogP contribution in [0.4, 0.5) is 5.69 Å². The second kappa shape index (κ2) is 4.82. The van der Waals surface area contributed by atoms with Gasteiger partial charge >= 0.3 is 0 Å². The molecule has 0 amide bonds. The van der Waals surface area contributed by atoms with Gasteiger partial charge in [0.1, 0.15) is 0 Å². The van der Waals surface area contributed by atoms with Crippen LogP contribution in [0.15, 0.2) is 48.8 Å². The van der Waals surface area contributed by atoms with Crippen molar-refractivity contribution in [1.82, 2.24) is 4.90 Å². The van der Waals surface area contributed by atoms with Crippen LogP contribution in [0.1, 0.15) is 18.4 Å². The molecule has 0 saturated heterocycles. The maximum Gasteiger partial charge on any atom is 0.273 e. The molecule has 0 aromatic heterocycles. The van der Waals surface area contributed by atoms with Crippen LogP contribution < -0.4 is 0 Å². The fourth-order valence-corrected chi connectivity index (χ4v) is 1.87. The van der Waals surface area contributed by atoms with Crippen molar-refractivity contribution in [3.8, 4) is 0 Å². The molecule has 0 unspecified atom stereocenters. The molecule has 0 fully saturated rings. The fraction of sp³-hybridized carbons (Fsp3) is 0.231. The molecule has 1 aliphatic rings. The summed E-state index contributed by atoms with van der Waals surface area (Å²) in [7, 11) is 0. The highest BCUT2D eigenvalue weighted by molar-refractivity contribution is 5.46. The molecule has 0 atom stereocenters. The maximum absolute atomic E-state index is 10.9. The van der Waals surface area contributed by atoms with Crippen molar-refractivity contribution in [1.29, 1.82) is 0 Å². The zero-order chi connectivity index (χ0) is 12.3. The van der Waals surface area contributed by atoms with Gasteiger partial charge in [0.25, 0.3) is 5.69 Å². The molecule has 1 aliphatic heterocycles. The highest BCUT2D eigenvalue weighted by atomic mass is 16.6. The summed E-state index contributed by atoms with van der Waals surface area (Å²) in [5.41, 5.74) is 0.914. The number of nitro benzene ring substituents is 1. The molecule has 0 N–H and O–H groups in total. The number of benzene rings is 1. The number of rotatable bonds is 3. The Morgan fingerprint density at radius 2 is 1.94 bits per heavy atom. The number of nitro groups is 1. The molecular weight excluding hydrogens is 216 g/mol. The number of para-hydroxylation sites is 1. The number of allylic oxidation sites excluding steroid dienone is 2. The summed E-state index contributed by atoms with van der Waals surface area (Å²) in [4.78, 5) is 12.6. The van der Waals surface area contributed by atoms with Gasteiger partial charge in [-0.05, 0) is 6.92 Å². The van der Waals surface area contributed by atoms with E-state index in [0.717, 1.165) is 12.1 Å². The van der Waals surface area contributed by atoms with Gasteiger partial charge in [-0.25, -0.2) is 0 Å². The minimum Gasteiger partial charge on any atom is -0.355 e. The summed E-state index contributed by atoms with van der Waals surface area (Å²) in [6.07, 6.45) is 7.88. The van der Waals surface area contributed by atoms with Crippen LogP contribution >= 0.6 is 0 Å². The molecule has 88 valence electrons. The topological polar surface area (TPSA) is 46.4 Å². The van der Waals surface area contributed by atoms with Crippen molar-refractivity contribution in [2.75, 3.05) is 6.54 Å². The summed E-state index contributed by atoms with van der Waals surface area (Å²) >= 11 is 0. The third-order valence-electron chi connectivity index (χ3n) is 2.83. The van der Waals surface area contributed by atoms with Gasteiger partial charge in [-0.15, -0.1) is 0 Å². The summed E-state index contributed by atoms with van der Waals surface area (Å²) in [6.45, 7) is 2.95. The minimum absolute atomic E-state index is 0.0144. The molecule has 1 aromatic carbocycles. The van der Waals surface area contributed by atoms with E-state index in [0.29, 0.717) is 0 Å². The lowest BCUT2D eigenvalue weighted by atomic mass is 9.96. The van der Waals surface area contributed by atoms with Crippen molar-refractivity contribution >= 4 is 5.69 Å². The summed E-state index contributed by atoms with van der Waals surface area (Å²) < 4.78 is 0. The Morgan fingerprint density at radius 3 is 2.53 bits per heavy atom. The van der Waals surface area contributed by atoms with E-state index in [4.69, 9.17) is 0 Å². The van der Waals surface area contributed by atoms with Gasteiger partial charge in [-0.2, -0.15) is 0 Å². The van der Waals surface area contributed by atoms with Gasteiger partial charge in [0.05, 0.1) is 4.92 Å². The Bertz CT molecular complexity index is 466. The SMILES string of the molecule is CCN1C=CC(c2ccccc2[N+](=O)[O-])C=C1. The summed E-state index contributed by atoms with van der Waals surface area (Å²) in [5, 5.41) is 10.9. The largest absolute Gasteiger partial charge is 0.355 e. The lowest BCUT2D eigenvalue weighted by Gasteiger charge is -2.20. The Labute approximate surface area is 100 Å². The molecule has 0 radical (unpaired) electrons. The van der Waals surface area contributed by atoms with Gasteiger partial charge in [-0.1, -0.05) is 30.4 Å². The van der Waals surface area contributed by atoms with Gasteiger partial charge in [0.2, 0.25) is 0 Å². The Morgan fingerprint density at radius 1 is 1.29 bits per heavy atom. The number of hydrogen-bond donors (Lipinski definition) is 0. The zero-order valence-electron chi connectivity index (χ0n) is 9.61. The average molecular weight is 230 g/mol. The first-order valence-electron chi connectivity index (χ1n) is 5.58. The average Bonchev–Trinajstić information content (AvgIpc) is 2.39. The molecule has 0 bridgehead atoms. The van der Waals surface area contributed by atoms with Gasteiger partial charge in [0.15, 0.2) is 0 Å². The monoisotopic (exact) mass is 230 g/mol. The molecular formula is C13H14N2O2. The lowest BCUT2D eigenvalue weighted by molar-refractivity contribution is -0.385. The van der Waals surface area contributed by atoms with E-state index in [1.54, 1.807) is 18.2 Å². The highest BCUT2D eigenvalue weighted by Crippen LogP contribution is 2.30. The minimum atomic E-state index is -0.330. The first-order valence-corrected chi connectivity index (χ1v) is 5.58. The van der Waals surface area contributed by atoms with Crippen LogP contribution in [0.25, 0.3) is 0 Å². The zero-order valence-corrected chi connectivity index (χ0v) is 9.61. The van der Waals surface area contributed by atoms with E-state index in [1.165, 1.54) is 0 Å². The molecule has 0 saturated carbocycles.